The van der Waals surface area contributed by atoms with Crippen LogP contribution in [0.3, 0.4) is 0 Å². The standard InChI is InChI=1S/C30H27N2O/c1-18(2)22-15-16-32(6)26(17-22)27-20(4)9-12-23-24-13-14-25(31-5)28(30(24)33-29(23)27)21-10-7-19(3)8-11-21/h7-18H,1-4,6H3/q+1/i15D,18D. The maximum absolute atomic E-state index is 8.55. The molecule has 0 saturated carbocycles. The predicted molar refractivity (Wildman–Crippen MR) is 136 cm³/mol. The fourth-order valence-electron chi connectivity index (χ4n) is 4.46. The first-order valence-corrected chi connectivity index (χ1v) is 11.0. The van der Waals surface area contributed by atoms with Crippen LogP contribution in [0.1, 0.15) is 39.2 Å². The SMILES string of the molecule is [2H]c1c[n+](C)c(-c2c(C)ccc3c2oc2c(-c4ccc(C)cc4)c([N+]#[C-])ccc23)cc1C([2H])(C)C. The highest BCUT2D eigenvalue weighted by molar-refractivity contribution is 6.15. The molecular formula is C30H27N2O+. The lowest BCUT2D eigenvalue weighted by molar-refractivity contribution is -0.660. The Morgan fingerprint density at radius 2 is 1.64 bits per heavy atom. The summed E-state index contributed by atoms with van der Waals surface area (Å²) < 4.78 is 25.5. The van der Waals surface area contributed by atoms with E-state index >= 15 is 0 Å². The fraction of sp³-hybridized carbons (Fsp3) is 0.200. The minimum Gasteiger partial charge on any atom is -0.456 e. The van der Waals surface area contributed by atoms with Crippen molar-refractivity contribution in [3.05, 3.63) is 94.9 Å². The zero-order chi connectivity index (χ0) is 25.1. The normalized spacial score (nSPS) is 12.6. The van der Waals surface area contributed by atoms with Crippen molar-refractivity contribution in [3.8, 4) is 22.4 Å². The third kappa shape index (κ3) is 3.39. The van der Waals surface area contributed by atoms with Gasteiger partial charge in [0.1, 0.15) is 18.2 Å². The van der Waals surface area contributed by atoms with Crippen molar-refractivity contribution in [1.82, 2.24) is 0 Å². The second kappa shape index (κ2) is 7.90. The highest BCUT2D eigenvalue weighted by atomic mass is 16.3. The molecule has 0 spiro atoms. The van der Waals surface area contributed by atoms with E-state index in [4.69, 9.17) is 13.7 Å². The minimum absolute atomic E-state index is 0.342. The molecule has 0 bridgehead atoms. The Kier molecular flexibility index (Phi) is 4.47. The molecule has 2 aromatic heterocycles. The molecule has 33 heavy (non-hydrogen) atoms. The maximum Gasteiger partial charge on any atom is 0.216 e. The van der Waals surface area contributed by atoms with E-state index in [1.165, 1.54) is 0 Å². The first-order chi connectivity index (χ1) is 16.6. The monoisotopic (exact) mass is 433 g/mol. The van der Waals surface area contributed by atoms with Crippen LogP contribution in [0.4, 0.5) is 5.69 Å². The molecule has 0 aliphatic heterocycles. The first kappa shape index (κ1) is 18.7. The van der Waals surface area contributed by atoms with Gasteiger partial charge in [-0.1, -0.05) is 67.9 Å². The van der Waals surface area contributed by atoms with Crippen molar-refractivity contribution >= 4 is 27.6 Å². The molecule has 3 heteroatoms. The van der Waals surface area contributed by atoms with Crippen LogP contribution in [0.2, 0.25) is 0 Å². The Bertz CT molecular complexity index is 1670. The molecule has 3 aromatic carbocycles. The van der Waals surface area contributed by atoms with Gasteiger partial charge in [-0.15, -0.1) is 0 Å². The molecule has 0 amide bonds. The Morgan fingerprint density at radius 1 is 0.970 bits per heavy atom. The van der Waals surface area contributed by atoms with Crippen LogP contribution in [0.5, 0.6) is 0 Å². The summed E-state index contributed by atoms with van der Waals surface area (Å²) in [5.74, 6) is -0.904. The van der Waals surface area contributed by atoms with Crippen molar-refractivity contribution in [2.45, 2.75) is 33.6 Å². The fourth-order valence-corrected chi connectivity index (χ4v) is 4.46. The molecule has 5 aromatic rings. The van der Waals surface area contributed by atoms with E-state index in [-0.39, 0.29) is 0 Å². The molecule has 2 heterocycles. The molecule has 162 valence electrons. The van der Waals surface area contributed by atoms with Gasteiger partial charge in [0.2, 0.25) is 5.69 Å². The minimum atomic E-state index is -0.904. The Labute approximate surface area is 197 Å². The van der Waals surface area contributed by atoms with Crippen molar-refractivity contribution in [2.24, 2.45) is 7.05 Å². The summed E-state index contributed by atoms with van der Waals surface area (Å²) in [7, 11) is 1.92. The number of pyridine rings is 1. The quantitative estimate of drug-likeness (QED) is 0.208. The van der Waals surface area contributed by atoms with E-state index in [9.17, 15) is 0 Å². The van der Waals surface area contributed by atoms with E-state index in [1.807, 2.05) is 67.9 Å². The number of aryl methyl sites for hydroxylation is 3. The Hall–Kier alpha value is -3.90. The maximum atomic E-state index is 8.55. The average molecular weight is 434 g/mol. The molecule has 5 rings (SSSR count). The van der Waals surface area contributed by atoms with Crippen molar-refractivity contribution < 1.29 is 11.7 Å². The van der Waals surface area contributed by atoms with Crippen LogP contribution < -0.4 is 4.57 Å². The van der Waals surface area contributed by atoms with E-state index in [0.29, 0.717) is 22.9 Å². The van der Waals surface area contributed by atoms with Gasteiger partial charge in [0, 0.05) is 29.8 Å². The Balaban J connectivity index is 1.89. The van der Waals surface area contributed by atoms with E-state index in [0.717, 1.165) is 49.9 Å². The predicted octanol–water partition coefficient (Wildman–Crippen LogP) is 8.04. The molecule has 0 N–H and O–H groups in total. The smallest absolute Gasteiger partial charge is 0.216 e. The summed E-state index contributed by atoms with van der Waals surface area (Å²) in [5, 5.41) is 1.94. The third-order valence-electron chi connectivity index (χ3n) is 6.33. The number of furan rings is 1. The van der Waals surface area contributed by atoms with Crippen molar-refractivity contribution in [3.63, 3.8) is 0 Å². The summed E-state index contributed by atoms with van der Waals surface area (Å²) in [5.41, 5.74) is 8.44. The second-order valence-electron chi connectivity index (χ2n) is 8.88. The number of fused-ring (bicyclic) bond motifs is 3. The molecule has 0 aliphatic rings. The largest absolute Gasteiger partial charge is 0.456 e. The van der Waals surface area contributed by atoms with Crippen LogP contribution in [0.15, 0.2) is 71.3 Å². The molecule has 0 unspecified atom stereocenters. The number of hydrogen-bond donors (Lipinski definition) is 0. The van der Waals surface area contributed by atoms with Crippen molar-refractivity contribution in [2.75, 3.05) is 0 Å². The Morgan fingerprint density at radius 3 is 2.30 bits per heavy atom. The average Bonchev–Trinajstić information content (AvgIpc) is 3.17. The summed E-state index contributed by atoms with van der Waals surface area (Å²) in [6, 6.07) is 18.4. The van der Waals surface area contributed by atoms with E-state index < -0.39 is 5.89 Å². The van der Waals surface area contributed by atoms with Gasteiger partial charge in [-0.3, -0.25) is 0 Å². The van der Waals surface area contributed by atoms with Crippen LogP contribution in [0.25, 0.3) is 49.2 Å². The van der Waals surface area contributed by atoms with Gasteiger partial charge in [-0.25, -0.2) is 9.41 Å². The molecule has 0 aliphatic carbocycles. The van der Waals surface area contributed by atoms with Gasteiger partial charge in [-0.2, -0.15) is 0 Å². The molecular weight excluding hydrogens is 404 g/mol. The molecule has 0 fully saturated rings. The lowest BCUT2D eigenvalue weighted by Gasteiger charge is -2.09. The lowest BCUT2D eigenvalue weighted by Crippen LogP contribution is -2.31. The molecule has 3 nitrogen and oxygen atoms in total. The zero-order valence-electron chi connectivity index (χ0n) is 21.6. The van der Waals surface area contributed by atoms with Gasteiger partial charge >= 0.3 is 0 Å². The van der Waals surface area contributed by atoms with Gasteiger partial charge in [0.25, 0.3) is 0 Å². The van der Waals surface area contributed by atoms with Gasteiger partial charge in [-0.05, 0) is 36.4 Å². The van der Waals surface area contributed by atoms with Crippen molar-refractivity contribution in [1.29, 1.82) is 0 Å². The van der Waals surface area contributed by atoms with E-state index in [2.05, 4.69) is 17.0 Å². The molecule has 0 radical (unpaired) electrons. The number of hydrogen-bond acceptors (Lipinski definition) is 1. The highest BCUT2D eigenvalue weighted by Crippen LogP contribution is 2.44. The van der Waals surface area contributed by atoms with Crippen LogP contribution in [-0.2, 0) is 7.05 Å². The van der Waals surface area contributed by atoms with Gasteiger partial charge in [0.15, 0.2) is 11.9 Å². The summed E-state index contributed by atoms with van der Waals surface area (Å²) in [4.78, 5) is 3.79. The van der Waals surface area contributed by atoms with Crippen LogP contribution in [0, 0.1) is 20.4 Å². The highest BCUT2D eigenvalue weighted by Gasteiger charge is 2.23. The topological polar surface area (TPSA) is 21.4 Å². The van der Waals surface area contributed by atoms with Gasteiger partial charge in [0.05, 0.1) is 13.5 Å². The number of benzene rings is 3. The zero-order valence-corrected chi connectivity index (χ0v) is 19.6. The van der Waals surface area contributed by atoms with Crippen LogP contribution >= 0.6 is 0 Å². The summed E-state index contributed by atoms with van der Waals surface area (Å²) >= 11 is 0. The van der Waals surface area contributed by atoms with E-state index in [1.54, 1.807) is 20.0 Å². The number of nitrogens with zero attached hydrogens (tertiary/aromatic N) is 2. The number of aromatic nitrogens is 1. The first-order valence-electron chi connectivity index (χ1n) is 12.0. The molecule has 0 atom stereocenters. The summed E-state index contributed by atoms with van der Waals surface area (Å²) in [6.07, 6.45) is 1.76. The number of rotatable bonds is 3. The molecule has 0 saturated heterocycles. The lowest BCUT2D eigenvalue weighted by atomic mass is 9.96. The van der Waals surface area contributed by atoms with Gasteiger partial charge < -0.3 is 4.42 Å². The van der Waals surface area contributed by atoms with Crippen LogP contribution in [-0.4, -0.2) is 0 Å². The second-order valence-corrected chi connectivity index (χ2v) is 8.88. The summed E-state index contributed by atoms with van der Waals surface area (Å²) in [6.45, 7) is 15.5. The third-order valence-corrected chi connectivity index (χ3v) is 6.33.